The van der Waals surface area contributed by atoms with Crippen LogP contribution < -0.4 is 44.7 Å². The van der Waals surface area contributed by atoms with Crippen LogP contribution in [0.5, 0.6) is 11.5 Å². The average Bonchev–Trinajstić information content (AvgIpc) is 2.56. The fraction of sp³-hybridized carbons (Fsp3) is 0.176. The van der Waals surface area contributed by atoms with Gasteiger partial charge < -0.3 is 20.3 Å². The van der Waals surface area contributed by atoms with Crippen LogP contribution in [-0.4, -0.2) is 30.1 Å². The molecule has 0 bridgehead atoms. The maximum atomic E-state index is 12.1. The molecule has 0 fully saturated rings. The van der Waals surface area contributed by atoms with E-state index < -0.39 is 17.9 Å². The monoisotopic (exact) mass is 337 g/mol. The van der Waals surface area contributed by atoms with E-state index in [9.17, 15) is 19.8 Å². The normalized spacial score (nSPS) is 11.0. The SMILES string of the molecule is COc1cc(CC(NC(=O)c2ccccc2)C(=O)O)ccc1[O-].[Na+]. The van der Waals surface area contributed by atoms with Crippen LogP contribution in [0.15, 0.2) is 48.5 Å². The molecule has 0 aliphatic carbocycles. The van der Waals surface area contributed by atoms with E-state index in [1.54, 1.807) is 30.3 Å². The van der Waals surface area contributed by atoms with E-state index in [0.717, 1.165) is 0 Å². The van der Waals surface area contributed by atoms with Crippen molar-refractivity contribution in [3.8, 4) is 11.5 Å². The Kier molecular flexibility index (Phi) is 7.78. The summed E-state index contributed by atoms with van der Waals surface area (Å²) in [5.74, 6) is -1.76. The predicted octanol–water partition coefficient (Wildman–Crippen LogP) is -1.80. The van der Waals surface area contributed by atoms with Crippen LogP contribution in [0.4, 0.5) is 0 Å². The van der Waals surface area contributed by atoms with Gasteiger partial charge >= 0.3 is 35.5 Å². The van der Waals surface area contributed by atoms with Crippen LogP contribution in [-0.2, 0) is 11.2 Å². The third-order valence-electron chi connectivity index (χ3n) is 3.31. The molecule has 0 heterocycles. The van der Waals surface area contributed by atoms with Crippen molar-refractivity contribution in [2.75, 3.05) is 7.11 Å². The molecule has 1 amide bonds. The molecule has 0 saturated carbocycles. The summed E-state index contributed by atoms with van der Waals surface area (Å²) >= 11 is 0. The van der Waals surface area contributed by atoms with Gasteiger partial charge in [0.25, 0.3) is 5.91 Å². The van der Waals surface area contributed by atoms with Crippen LogP contribution >= 0.6 is 0 Å². The summed E-state index contributed by atoms with van der Waals surface area (Å²) in [6.45, 7) is 0. The molecule has 2 aromatic rings. The fourth-order valence-corrected chi connectivity index (χ4v) is 2.11. The number of carbonyl (C=O) groups is 2. The van der Waals surface area contributed by atoms with Crippen LogP contribution in [0.25, 0.3) is 0 Å². The van der Waals surface area contributed by atoms with E-state index in [1.807, 2.05) is 0 Å². The third kappa shape index (κ3) is 5.26. The van der Waals surface area contributed by atoms with Gasteiger partial charge in [0.1, 0.15) is 11.8 Å². The second-order valence-corrected chi connectivity index (χ2v) is 4.92. The Morgan fingerprint density at radius 2 is 1.88 bits per heavy atom. The minimum atomic E-state index is -1.15. The van der Waals surface area contributed by atoms with Crippen molar-refractivity contribution in [2.24, 2.45) is 0 Å². The molecular formula is C17H16NNaO5. The minimum Gasteiger partial charge on any atom is -0.870 e. The first-order valence-corrected chi connectivity index (χ1v) is 6.94. The number of ether oxygens (including phenoxy) is 1. The molecule has 1 atom stereocenters. The van der Waals surface area contributed by atoms with Crippen LogP contribution in [0.3, 0.4) is 0 Å². The molecule has 0 spiro atoms. The maximum absolute atomic E-state index is 12.1. The van der Waals surface area contributed by atoms with E-state index in [4.69, 9.17) is 4.74 Å². The van der Waals surface area contributed by atoms with E-state index in [0.29, 0.717) is 11.1 Å². The molecule has 2 aromatic carbocycles. The largest absolute Gasteiger partial charge is 1.00 e. The molecule has 0 aliphatic rings. The zero-order chi connectivity index (χ0) is 16.8. The molecule has 2 N–H and O–H groups in total. The first kappa shape index (κ1) is 20.0. The Morgan fingerprint density at radius 1 is 1.21 bits per heavy atom. The quantitative estimate of drug-likeness (QED) is 0.606. The van der Waals surface area contributed by atoms with Crippen LogP contribution in [0.1, 0.15) is 15.9 Å². The number of amides is 1. The Morgan fingerprint density at radius 3 is 2.46 bits per heavy atom. The number of carbonyl (C=O) groups excluding carboxylic acids is 1. The standard InChI is InChI=1S/C17H17NO5.Na/c1-23-15-10-11(7-8-14(15)19)9-13(17(21)22)18-16(20)12-5-3-2-4-6-12;/h2-8,10,13,19H,9H2,1H3,(H,18,20)(H,21,22);/q;+1/p-1. The van der Waals surface area contributed by atoms with Crippen molar-refractivity contribution >= 4 is 11.9 Å². The van der Waals surface area contributed by atoms with Crippen molar-refractivity contribution in [1.82, 2.24) is 5.32 Å². The van der Waals surface area contributed by atoms with Crippen LogP contribution in [0.2, 0.25) is 0 Å². The Labute approximate surface area is 161 Å². The maximum Gasteiger partial charge on any atom is 1.00 e. The van der Waals surface area contributed by atoms with Gasteiger partial charge in [-0.15, -0.1) is 0 Å². The van der Waals surface area contributed by atoms with E-state index in [-0.39, 0.29) is 47.5 Å². The van der Waals surface area contributed by atoms with Crippen molar-refractivity contribution < 1.29 is 54.1 Å². The second kappa shape index (κ2) is 9.32. The smallest absolute Gasteiger partial charge is 0.870 e. The van der Waals surface area contributed by atoms with E-state index >= 15 is 0 Å². The molecule has 0 aliphatic heterocycles. The molecule has 0 saturated heterocycles. The first-order valence-electron chi connectivity index (χ1n) is 6.94. The summed E-state index contributed by atoms with van der Waals surface area (Å²) in [6, 6.07) is 11.6. The molecule has 120 valence electrons. The molecular weight excluding hydrogens is 321 g/mol. The summed E-state index contributed by atoms with van der Waals surface area (Å²) in [5, 5.41) is 23.3. The summed E-state index contributed by atoms with van der Waals surface area (Å²) < 4.78 is 4.93. The van der Waals surface area contributed by atoms with Crippen LogP contribution in [0, 0.1) is 0 Å². The van der Waals surface area contributed by atoms with Gasteiger partial charge in [-0.1, -0.05) is 36.1 Å². The Balaban J connectivity index is 0.00000288. The van der Waals surface area contributed by atoms with Gasteiger partial charge in [0.2, 0.25) is 0 Å². The van der Waals surface area contributed by atoms with Crippen molar-refractivity contribution in [3.05, 3.63) is 59.7 Å². The molecule has 24 heavy (non-hydrogen) atoms. The number of rotatable bonds is 6. The van der Waals surface area contributed by atoms with Gasteiger partial charge in [-0.05, 0) is 23.8 Å². The summed E-state index contributed by atoms with van der Waals surface area (Å²) in [5.41, 5.74) is 0.966. The number of methoxy groups -OCH3 is 1. The minimum absolute atomic E-state index is 0. The number of carboxylic acids is 1. The molecule has 7 heteroatoms. The first-order chi connectivity index (χ1) is 11.0. The fourth-order valence-electron chi connectivity index (χ4n) is 2.11. The van der Waals surface area contributed by atoms with Gasteiger partial charge in [0.05, 0.1) is 7.11 Å². The third-order valence-corrected chi connectivity index (χ3v) is 3.31. The molecule has 2 rings (SSSR count). The molecule has 0 radical (unpaired) electrons. The number of carboxylic acid groups (broad SMARTS) is 1. The summed E-state index contributed by atoms with van der Waals surface area (Å²) in [7, 11) is 1.37. The van der Waals surface area contributed by atoms with Crippen molar-refractivity contribution in [1.29, 1.82) is 0 Å². The summed E-state index contributed by atoms with van der Waals surface area (Å²) in [6.07, 6.45) is 0.0462. The van der Waals surface area contributed by atoms with Crippen molar-refractivity contribution in [3.63, 3.8) is 0 Å². The molecule has 1 unspecified atom stereocenters. The van der Waals surface area contributed by atoms with Gasteiger partial charge in [-0.2, -0.15) is 0 Å². The average molecular weight is 337 g/mol. The summed E-state index contributed by atoms with van der Waals surface area (Å²) in [4.78, 5) is 23.5. The number of hydrogen-bond donors (Lipinski definition) is 2. The Bertz CT molecular complexity index is 705. The van der Waals surface area contributed by atoms with Gasteiger partial charge in [0.15, 0.2) is 0 Å². The van der Waals surface area contributed by atoms with E-state index in [2.05, 4.69) is 5.32 Å². The predicted molar refractivity (Wildman–Crippen MR) is 81.5 cm³/mol. The topological polar surface area (TPSA) is 98.7 Å². The zero-order valence-corrected chi connectivity index (χ0v) is 15.5. The number of nitrogens with one attached hydrogen (secondary N) is 1. The Hall–Kier alpha value is -2.02. The number of hydrogen-bond acceptors (Lipinski definition) is 4. The van der Waals surface area contributed by atoms with E-state index in [1.165, 1.54) is 25.3 Å². The number of benzene rings is 2. The van der Waals surface area contributed by atoms with Gasteiger partial charge in [-0.3, -0.25) is 4.79 Å². The molecule has 0 aromatic heterocycles. The number of aliphatic carboxylic acids is 1. The van der Waals surface area contributed by atoms with Gasteiger partial charge in [0, 0.05) is 12.0 Å². The van der Waals surface area contributed by atoms with Gasteiger partial charge in [-0.25, -0.2) is 4.79 Å². The van der Waals surface area contributed by atoms with Crippen molar-refractivity contribution in [2.45, 2.75) is 12.5 Å². The second-order valence-electron chi connectivity index (χ2n) is 4.92. The zero-order valence-electron chi connectivity index (χ0n) is 13.5. The molecule has 6 nitrogen and oxygen atoms in total.